The molecule has 0 radical (unpaired) electrons. The van der Waals surface area contributed by atoms with Crippen LogP contribution in [0.15, 0.2) is 53.8 Å². The molecule has 2 aliphatic rings. The standard InChI is InChI=1S/C42H42Cl2N10O8S3/c1-22-11-26(30(16-45-22)37(55)47-39-49-51-41(60-5)63-39)28-13-32(43)35(15-33(28)58-3)65(57)21-54-19-31(27(12-23(54)2)29-14-36(44)46-17-34(29)59-4)38(56)48-40-50-52-42(64-40)62-25-7-6-9-53(18-25)24-8-10-61-20-24/h11-17,19,24-25H,6-10,18,20-21H2,1-5H3,(H-,47,48,49,50,55,56)/p+1/t24-,25+,65-/m0/s1. The fourth-order valence-electron chi connectivity index (χ4n) is 7.60. The van der Waals surface area contributed by atoms with Crippen molar-refractivity contribution in [2.45, 2.75) is 56.0 Å². The van der Waals surface area contributed by atoms with Crippen LogP contribution in [0.25, 0.3) is 22.3 Å². The summed E-state index contributed by atoms with van der Waals surface area (Å²) in [6.07, 6.45) is 7.33. The monoisotopic (exact) mass is 981 g/mol. The van der Waals surface area contributed by atoms with Crippen molar-refractivity contribution in [3.8, 4) is 44.1 Å². The number of hydrogen-bond donors (Lipinski definition) is 2. The molecule has 8 rings (SSSR count). The largest absolute Gasteiger partial charge is 0.496 e. The Hall–Kier alpha value is -5.42. The quantitative estimate of drug-likeness (QED) is 0.0816. The van der Waals surface area contributed by atoms with Crippen molar-refractivity contribution >= 4 is 78.8 Å². The maximum absolute atomic E-state index is 14.4. The third kappa shape index (κ3) is 10.5. The molecule has 2 fully saturated rings. The summed E-state index contributed by atoms with van der Waals surface area (Å²) in [5.74, 6) is -0.452. The van der Waals surface area contributed by atoms with Crippen molar-refractivity contribution in [1.82, 2.24) is 35.3 Å². The van der Waals surface area contributed by atoms with E-state index in [4.69, 9.17) is 46.9 Å². The minimum absolute atomic E-state index is 0.0699. The lowest BCUT2D eigenvalue weighted by Gasteiger charge is -2.35. The van der Waals surface area contributed by atoms with E-state index in [1.54, 1.807) is 48.0 Å². The molecule has 2 amide bonds. The smallest absolute Gasteiger partial charge is 0.296 e. The number of likely N-dealkylation sites (tertiary alicyclic amines) is 1. The topological polar surface area (TPSA) is 206 Å². The third-order valence-corrected chi connectivity index (χ3v) is 14.3. The van der Waals surface area contributed by atoms with E-state index in [1.807, 2.05) is 6.92 Å². The summed E-state index contributed by atoms with van der Waals surface area (Å²) in [4.78, 5) is 39.0. The molecule has 5 aromatic heterocycles. The number of rotatable bonds is 15. The Bertz CT molecular complexity index is 2770. The number of carbonyl (C=O) groups excluding carboxylic acids is 2. The van der Waals surface area contributed by atoms with Gasteiger partial charge in [0.1, 0.15) is 39.1 Å². The number of piperidine rings is 1. The molecule has 2 aliphatic heterocycles. The maximum atomic E-state index is 14.4. The molecular weight excluding hydrogens is 940 g/mol. The van der Waals surface area contributed by atoms with Gasteiger partial charge in [0.2, 0.25) is 16.1 Å². The zero-order valence-electron chi connectivity index (χ0n) is 35.8. The highest BCUT2D eigenvalue weighted by Gasteiger charge is 2.31. The number of aromatic nitrogens is 7. The predicted octanol–water partition coefficient (Wildman–Crippen LogP) is 6.65. The van der Waals surface area contributed by atoms with E-state index in [0.29, 0.717) is 56.4 Å². The molecule has 0 spiro atoms. The van der Waals surface area contributed by atoms with Gasteiger partial charge in [0.15, 0.2) is 11.9 Å². The highest BCUT2D eigenvalue weighted by molar-refractivity contribution is 7.84. The van der Waals surface area contributed by atoms with Crippen molar-refractivity contribution in [1.29, 1.82) is 0 Å². The summed E-state index contributed by atoms with van der Waals surface area (Å²) in [5, 5.41) is 23.3. The summed E-state index contributed by atoms with van der Waals surface area (Å²) < 4.78 is 44.5. The van der Waals surface area contributed by atoms with E-state index in [2.05, 4.69) is 45.9 Å². The van der Waals surface area contributed by atoms with Crippen molar-refractivity contribution in [2.75, 3.05) is 58.3 Å². The zero-order chi connectivity index (χ0) is 45.8. The number of hydrogen-bond acceptors (Lipinski definition) is 17. The van der Waals surface area contributed by atoms with Crippen LogP contribution in [0, 0.1) is 13.8 Å². The molecule has 7 heterocycles. The molecule has 0 bridgehead atoms. The number of ether oxygens (including phenoxy) is 5. The van der Waals surface area contributed by atoms with Gasteiger partial charge in [-0.05, 0) is 79.7 Å². The Balaban J connectivity index is 1.07. The van der Waals surface area contributed by atoms with Crippen LogP contribution in [-0.4, -0.2) is 111 Å². The second-order valence-electron chi connectivity index (χ2n) is 15.0. The van der Waals surface area contributed by atoms with Crippen molar-refractivity contribution in [3.63, 3.8) is 0 Å². The molecule has 1 aromatic carbocycles. The Morgan fingerprint density at radius 1 is 0.846 bits per heavy atom. The second-order valence-corrected chi connectivity index (χ2v) is 19.1. The van der Waals surface area contributed by atoms with Crippen LogP contribution >= 0.6 is 45.9 Å². The van der Waals surface area contributed by atoms with Gasteiger partial charge in [0.05, 0.1) is 49.6 Å². The number of carbonyl (C=O) groups is 2. The number of aryl methyl sites for hydroxylation is 2. The van der Waals surface area contributed by atoms with Crippen LogP contribution in [0.5, 0.6) is 21.9 Å². The molecule has 2 N–H and O–H groups in total. The van der Waals surface area contributed by atoms with E-state index in [0.717, 1.165) is 68.2 Å². The molecule has 65 heavy (non-hydrogen) atoms. The first-order valence-electron chi connectivity index (χ1n) is 20.2. The minimum atomic E-state index is -1.80. The number of amides is 2. The molecule has 18 nitrogen and oxygen atoms in total. The Labute approximate surface area is 394 Å². The number of nitrogens with one attached hydrogen (secondary N) is 2. The van der Waals surface area contributed by atoms with E-state index in [-0.39, 0.29) is 53.6 Å². The highest BCUT2D eigenvalue weighted by atomic mass is 35.5. The first kappa shape index (κ1) is 46.1. The van der Waals surface area contributed by atoms with Crippen LogP contribution in [0.2, 0.25) is 10.2 Å². The number of benzene rings is 1. The average molecular weight is 983 g/mol. The van der Waals surface area contributed by atoms with Crippen LogP contribution in [0.3, 0.4) is 0 Å². The van der Waals surface area contributed by atoms with E-state index in [9.17, 15) is 13.8 Å². The number of halogens is 2. The molecule has 6 aromatic rings. The lowest BCUT2D eigenvalue weighted by Crippen LogP contribution is -2.46. The number of pyridine rings is 3. The van der Waals surface area contributed by atoms with E-state index in [1.165, 1.54) is 33.7 Å². The van der Waals surface area contributed by atoms with Gasteiger partial charge in [-0.1, -0.05) is 33.4 Å². The van der Waals surface area contributed by atoms with Crippen LogP contribution in [0.1, 0.15) is 51.4 Å². The molecular formula is C42H43Cl2N10O8S3+. The van der Waals surface area contributed by atoms with Gasteiger partial charge in [-0.2, -0.15) is 4.57 Å². The lowest BCUT2D eigenvalue weighted by atomic mass is 9.99. The van der Waals surface area contributed by atoms with Gasteiger partial charge < -0.3 is 23.7 Å². The summed E-state index contributed by atoms with van der Waals surface area (Å²) in [7, 11) is 2.61. The van der Waals surface area contributed by atoms with E-state index >= 15 is 0 Å². The van der Waals surface area contributed by atoms with Crippen molar-refractivity contribution < 1.29 is 42.0 Å². The zero-order valence-corrected chi connectivity index (χ0v) is 39.7. The normalized spacial score (nSPS) is 16.8. The average Bonchev–Trinajstić information content (AvgIpc) is 4.10. The Kier molecular flexibility index (Phi) is 14.5. The summed E-state index contributed by atoms with van der Waals surface area (Å²) >= 11 is 15.5. The van der Waals surface area contributed by atoms with Gasteiger partial charge >= 0.3 is 0 Å². The van der Waals surface area contributed by atoms with E-state index < -0.39 is 22.6 Å². The second kappa shape index (κ2) is 20.4. The Morgan fingerprint density at radius 3 is 2.26 bits per heavy atom. The molecule has 23 heteroatoms. The number of nitrogens with zero attached hydrogens (tertiary/aromatic N) is 8. The van der Waals surface area contributed by atoms with Gasteiger partial charge in [-0.3, -0.25) is 30.1 Å². The third-order valence-electron chi connectivity index (χ3n) is 10.8. The van der Waals surface area contributed by atoms with Gasteiger partial charge in [-0.15, -0.1) is 10.2 Å². The fraction of sp³-hybridized carbons (Fsp3) is 0.357. The predicted molar refractivity (Wildman–Crippen MR) is 245 cm³/mol. The first-order valence-corrected chi connectivity index (χ1v) is 23.9. The van der Waals surface area contributed by atoms with Crippen molar-refractivity contribution in [2.24, 2.45) is 0 Å². The summed E-state index contributed by atoms with van der Waals surface area (Å²) in [6.45, 7) is 6.86. The molecule has 3 atom stereocenters. The van der Waals surface area contributed by atoms with Crippen molar-refractivity contribution in [3.05, 3.63) is 81.6 Å². The highest BCUT2D eigenvalue weighted by Crippen LogP contribution is 2.39. The Morgan fingerprint density at radius 2 is 1.55 bits per heavy atom. The number of anilines is 2. The number of methoxy groups -OCH3 is 3. The maximum Gasteiger partial charge on any atom is 0.296 e. The lowest BCUT2D eigenvalue weighted by molar-refractivity contribution is -0.682. The molecule has 0 unspecified atom stereocenters. The molecule has 340 valence electrons. The molecule has 0 aliphatic carbocycles. The van der Waals surface area contributed by atoms with Gasteiger partial charge in [0.25, 0.3) is 22.2 Å². The fourth-order valence-corrected chi connectivity index (χ4v) is 10.6. The SMILES string of the molecule is COc1nnc(NC(=O)c2cnc(C)cc2-c2cc(Cl)c([S@@](=O)C[n+]3cc(C(=O)Nc4nnc(O[C@@H]5CCCN([C@H]6CCOC6)C5)s4)c(-c4cc(Cl)ncc4OC)cc3C)cc2OC)s1. The molecule has 2 saturated heterocycles. The first-order chi connectivity index (χ1) is 31.4. The summed E-state index contributed by atoms with van der Waals surface area (Å²) in [6, 6.07) is 8.68. The minimum Gasteiger partial charge on any atom is -0.496 e. The molecule has 0 saturated carbocycles. The van der Waals surface area contributed by atoms with Crippen LogP contribution in [0.4, 0.5) is 10.3 Å². The van der Waals surface area contributed by atoms with Gasteiger partial charge in [-0.25, -0.2) is 9.19 Å². The summed E-state index contributed by atoms with van der Waals surface area (Å²) in [5.41, 5.74) is 3.59. The van der Waals surface area contributed by atoms with Gasteiger partial charge in [0, 0.05) is 66.3 Å². The van der Waals surface area contributed by atoms with Crippen LogP contribution in [-0.2, 0) is 21.4 Å². The van der Waals surface area contributed by atoms with Crippen LogP contribution < -0.4 is 34.1 Å².